The van der Waals surface area contributed by atoms with Gasteiger partial charge in [0.2, 0.25) is 11.8 Å². The fourth-order valence-electron chi connectivity index (χ4n) is 4.57. The lowest BCUT2D eigenvalue weighted by Crippen LogP contribution is -2.47. The Bertz CT molecular complexity index is 1180. The fourth-order valence-corrected chi connectivity index (χ4v) is 5.99. The second-order valence-electron chi connectivity index (χ2n) is 8.73. The number of hydrogen-bond acceptors (Lipinski definition) is 4. The molecule has 1 atom stereocenters. The van der Waals surface area contributed by atoms with Crippen LogP contribution < -0.4 is 0 Å². The number of halogens is 2. The molecule has 0 saturated heterocycles. The highest BCUT2D eigenvalue weighted by Crippen LogP contribution is 2.41. The van der Waals surface area contributed by atoms with Gasteiger partial charge in [-0.2, -0.15) is 0 Å². The molecule has 190 valence electrons. The van der Waals surface area contributed by atoms with Crippen molar-refractivity contribution in [3.05, 3.63) is 91.6 Å². The third-order valence-electron chi connectivity index (χ3n) is 6.34. The van der Waals surface area contributed by atoms with Crippen molar-refractivity contribution in [2.24, 2.45) is 0 Å². The molecule has 1 aromatic heterocycles. The second kappa shape index (κ2) is 12.7. The zero-order valence-corrected chi connectivity index (χ0v) is 22.6. The lowest BCUT2D eigenvalue weighted by molar-refractivity contribution is -0.141. The third kappa shape index (κ3) is 6.48. The van der Waals surface area contributed by atoms with Gasteiger partial charge in [0.25, 0.3) is 0 Å². The van der Waals surface area contributed by atoms with E-state index in [1.807, 2.05) is 48.2 Å². The highest BCUT2D eigenvalue weighted by molar-refractivity contribution is 7.10. The number of benzene rings is 2. The molecule has 0 N–H and O–H groups in total. The van der Waals surface area contributed by atoms with Gasteiger partial charge in [0.15, 0.2) is 0 Å². The molecule has 36 heavy (non-hydrogen) atoms. The smallest absolute Gasteiger partial charge is 0.242 e. The standard InChI is InChI=1S/C28H30Cl2N2O3S/c1-2-35-15-6-13-31(26(33)17-20-7-4-3-5-8-20)19-27(34)32-14-11-25-23(12-16-36-25)28(32)22-10-9-21(29)18-24(22)30/h3-5,7-10,12,16,18,28H,2,6,11,13-15,17,19H2,1H3. The third-order valence-corrected chi connectivity index (χ3v) is 7.90. The average molecular weight is 546 g/mol. The Morgan fingerprint density at radius 1 is 1.11 bits per heavy atom. The summed E-state index contributed by atoms with van der Waals surface area (Å²) in [5.41, 5.74) is 2.85. The van der Waals surface area contributed by atoms with Gasteiger partial charge in [-0.05, 0) is 60.0 Å². The quantitative estimate of drug-likeness (QED) is 0.293. The van der Waals surface area contributed by atoms with Crippen LogP contribution >= 0.6 is 34.5 Å². The van der Waals surface area contributed by atoms with Crippen LogP contribution in [0.2, 0.25) is 10.0 Å². The molecule has 0 bridgehead atoms. The van der Waals surface area contributed by atoms with Crippen molar-refractivity contribution >= 4 is 46.4 Å². The number of hydrogen-bond donors (Lipinski definition) is 0. The van der Waals surface area contributed by atoms with E-state index in [-0.39, 0.29) is 30.8 Å². The lowest BCUT2D eigenvalue weighted by atomic mass is 9.93. The Morgan fingerprint density at radius 3 is 2.67 bits per heavy atom. The number of fused-ring (bicyclic) bond motifs is 1. The van der Waals surface area contributed by atoms with Gasteiger partial charge in [0.05, 0.1) is 19.0 Å². The summed E-state index contributed by atoms with van der Waals surface area (Å²) < 4.78 is 5.47. The van der Waals surface area contributed by atoms with Crippen LogP contribution in [0.15, 0.2) is 60.0 Å². The molecule has 5 nitrogen and oxygen atoms in total. The Labute approximate surface area is 226 Å². The molecule has 2 amide bonds. The van der Waals surface area contributed by atoms with Crippen molar-refractivity contribution in [1.29, 1.82) is 0 Å². The molecular formula is C28H30Cl2N2O3S. The average Bonchev–Trinajstić information content (AvgIpc) is 3.35. The molecule has 1 aliphatic rings. The molecule has 3 aromatic rings. The molecule has 0 aliphatic carbocycles. The largest absolute Gasteiger partial charge is 0.382 e. The van der Waals surface area contributed by atoms with E-state index < -0.39 is 0 Å². The summed E-state index contributed by atoms with van der Waals surface area (Å²) in [7, 11) is 0. The number of ether oxygens (including phenoxy) is 1. The molecule has 8 heteroatoms. The van der Waals surface area contributed by atoms with Crippen LogP contribution in [0.5, 0.6) is 0 Å². The van der Waals surface area contributed by atoms with E-state index in [1.165, 1.54) is 4.88 Å². The van der Waals surface area contributed by atoms with Crippen molar-refractivity contribution in [3.8, 4) is 0 Å². The van der Waals surface area contributed by atoms with Crippen LogP contribution in [0.1, 0.15) is 41.0 Å². The predicted molar refractivity (Wildman–Crippen MR) is 146 cm³/mol. The molecule has 1 unspecified atom stereocenters. The second-order valence-corrected chi connectivity index (χ2v) is 10.6. The van der Waals surface area contributed by atoms with E-state index in [0.717, 1.165) is 23.1 Å². The number of rotatable bonds is 10. The number of nitrogens with zero attached hydrogens (tertiary/aromatic N) is 2. The van der Waals surface area contributed by atoms with Crippen molar-refractivity contribution in [1.82, 2.24) is 9.80 Å². The molecule has 4 rings (SSSR count). The van der Waals surface area contributed by atoms with Crippen molar-refractivity contribution in [2.45, 2.75) is 32.2 Å². The van der Waals surface area contributed by atoms with E-state index in [2.05, 4.69) is 11.4 Å². The molecule has 2 aromatic carbocycles. The van der Waals surface area contributed by atoms with E-state index in [0.29, 0.717) is 42.8 Å². The van der Waals surface area contributed by atoms with E-state index in [9.17, 15) is 9.59 Å². The Hall–Kier alpha value is -2.38. The van der Waals surface area contributed by atoms with Crippen molar-refractivity contribution in [2.75, 3.05) is 32.8 Å². The lowest BCUT2D eigenvalue weighted by Gasteiger charge is -2.38. The summed E-state index contributed by atoms with van der Waals surface area (Å²) >= 11 is 14.5. The van der Waals surface area contributed by atoms with Gasteiger partial charge in [-0.15, -0.1) is 11.3 Å². The maximum atomic E-state index is 13.8. The van der Waals surface area contributed by atoms with Crippen molar-refractivity contribution < 1.29 is 14.3 Å². The normalized spacial score (nSPS) is 15.0. The van der Waals surface area contributed by atoms with Crippen LogP contribution in [0.4, 0.5) is 0 Å². The predicted octanol–water partition coefficient (Wildman–Crippen LogP) is 6.03. The molecular weight excluding hydrogens is 515 g/mol. The minimum absolute atomic E-state index is 0.0129. The fraction of sp³-hybridized carbons (Fsp3) is 0.357. The van der Waals surface area contributed by atoms with Gasteiger partial charge in [-0.1, -0.05) is 59.6 Å². The van der Waals surface area contributed by atoms with Crippen LogP contribution in [-0.2, 0) is 27.2 Å². The number of carbonyl (C=O) groups is 2. The molecule has 0 saturated carbocycles. The Kier molecular flexibility index (Phi) is 9.43. The summed E-state index contributed by atoms with van der Waals surface area (Å²) in [5, 5.41) is 3.13. The molecule has 0 radical (unpaired) electrons. The topological polar surface area (TPSA) is 49.9 Å². The van der Waals surface area contributed by atoms with E-state index in [1.54, 1.807) is 28.4 Å². The maximum Gasteiger partial charge on any atom is 0.242 e. The Balaban J connectivity index is 1.57. The van der Waals surface area contributed by atoms with Gasteiger partial charge < -0.3 is 14.5 Å². The summed E-state index contributed by atoms with van der Waals surface area (Å²) in [6.45, 7) is 4.15. The first-order chi connectivity index (χ1) is 17.5. The first-order valence-corrected chi connectivity index (χ1v) is 13.8. The molecule has 0 spiro atoms. The van der Waals surface area contributed by atoms with Crippen molar-refractivity contribution in [3.63, 3.8) is 0 Å². The minimum Gasteiger partial charge on any atom is -0.382 e. The summed E-state index contributed by atoms with van der Waals surface area (Å²) in [5.74, 6) is -0.166. The van der Waals surface area contributed by atoms with Crippen LogP contribution in [0, 0.1) is 0 Å². The molecule has 1 aliphatic heterocycles. The maximum absolute atomic E-state index is 13.8. The van der Waals surface area contributed by atoms with Gasteiger partial charge in [-0.3, -0.25) is 9.59 Å². The van der Waals surface area contributed by atoms with Gasteiger partial charge in [0.1, 0.15) is 0 Å². The SMILES string of the molecule is CCOCCCN(CC(=O)N1CCc2sccc2C1c1ccc(Cl)cc1Cl)C(=O)Cc1ccccc1. The van der Waals surface area contributed by atoms with Crippen LogP contribution in [-0.4, -0.2) is 54.5 Å². The van der Waals surface area contributed by atoms with E-state index >= 15 is 0 Å². The summed E-state index contributed by atoms with van der Waals surface area (Å²) in [6.07, 6.45) is 1.70. The van der Waals surface area contributed by atoms with Crippen LogP contribution in [0.25, 0.3) is 0 Å². The molecule has 2 heterocycles. The molecule has 0 fully saturated rings. The monoisotopic (exact) mass is 544 g/mol. The van der Waals surface area contributed by atoms with Crippen LogP contribution in [0.3, 0.4) is 0 Å². The van der Waals surface area contributed by atoms with Gasteiger partial charge in [-0.25, -0.2) is 0 Å². The number of thiophene rings is 1. The van der Waals surface area contributed by atoms with Gasteiger partial charge in [0, 0.05) is 41.2 Å². The highest BCUT2D eigenvalue weighted by Gasteiger charge is 2.35. The summed E-state index contributed by atoms with van der Waals surface area (Å²) in [6, 6.07) is 16.8. The Morgan fingerprint density at radius 2 is 1.92 bits per heavy atom. The minimum atomic E-state index is -0.313. The number of carbonyl (C=O) groups excluding carboxylic acids is 2. The summed E-state index contributed by atoms with van der Waals surface area (Å²) in [4.78, 5) is 31.8. The first kappa shape index (κ1) is 26.7. The van der Waals surface area contributed by atoms with Gasteiger partial charge >= 0.3 is 0 Å². The van der Waals surface area contributed by atoms with E-state index in [4.69, 9.17) is 27.9 Å². The highest BCUT2D eigenvalue weighted by atomic mass is 35.5. The number of amides is 2. The first-order valence-electron chi connectivity index (χ1n) is 12.2. The zero-order valence-electron chi connectivity index (χ0n) is 20.3. The zero-order chi connectivity index (χ0) is 25.5.